The Morgan fingerprint density at radius 1 is 0.950 bits per heavy atom. The molecule has 0 aromatic heterocycles. The number of benzene rings is 2. The molecule has 0 aliphatic carbocycles. The highest BCUT2D eigenvalue weighted by Crippen LogP contribution is 2.24. The Morgan fingerprint density at radius 2 is 1.40 bits per heavy atom. The molecular formula is C17H20O2S. The van der Waals surface area contributed by atoms with Crippen molar-refractivity contribution in [2.45, 2.75) is 31.3 Å². The van der Waals surface area contributed by atoms with Gasteiger partial charge in [0.15, 0.2) is 0 Å². The van der Waals surface area contributed by atoms with Crippen LogP contribution in [0.5, 0.6) is 0 Å². The van der Waals surface area contributed by atoms with E-state index in [2.05, 4.69) is 0 Å². The molecule has 0 saturated heterocycles. The monoisotopic (exact) mass is 288 g/mol. The van der Waals surface area contributed by atoms with Crippen LogP contribution in [0.1, 0.15) is 23.6 Å². The summed E-state index contributed by atoms with van der Waals surface area (Å²) in [6.45, 7) is 5.71. The van der Waals surface area contributed by atoms with Crippen LogP contribution in [0.4, 0.5) is 0 Å². The van der Waals surface area contributed by atoms with Gasteiger partial charge in [0.2, 0.25) is 0 Å². The van der Waals surface area contributed by atoms with Crippen molar-refractivity contribution in [3.8, 4) is 0 Å². The van der Waals surface area contributed by atoms with Crippen molar-refractivity contribution in [2.75, 3.05) is 5.75 Å². The number of hydrogen-bond acceptors (Lipinski definition) is 2. The fourth-order valence-electron chi connectivity index (χ4n) is 2.02. The van der Waals surface area contributed by atoms with E-state index < -0.39 is 16.4 Å². The molecule has 3 heteroatoms. The first-order valence-electron chi connectivity index (χ1n) is 6.63. The van der Waals surface area contributed by atoms with Gasteiger partial charge in [-0.15, -0.1) is 0 Å². The number of aryl methyl sites for hydroxylation is 2. The summed E-state index contributed by atoms with van der Waals surface area (Å²) in [7, 11) is -1.22. The second-order valence-corrected chi connectivity index (χ2v) is 6.89. The van der Waals surface area contributed by atoms with Crippen LogP contribution in [0.15, 0.2) is 53.4 Å². The third kappa shape index (κ3) is 3.56. The molecule has 2 aromatic rings. The molecule has 0 saturated carbocycles. The molecule has 0 heterocycles. The molecule has 1 unspecified atom stereocenters. The van der Waals surface area contributed by atoms with Crippen molar-refractivity contribution >= 4 is 10.8 Å². The zero-order valence-corrected chi connectivity index (χ0v) is 12.9. The SMILES string of the molecule is Cc1ccc(S(=O)C[C@](C)(O)c2ccc(C)cc2)cc1. The number of hydrogen-bond donors (Lipinski definition) is 1. The maximum atomic E-state index is 12.4. The maximum absolute atomic E-state index is 12.4. The van der Waals surface area contributed by atoms with Crippen LogP contribution in [0.2, 0.25) is 0 Å². The second kappa shape index (κ2) is 5.90. The third-order valence-corrected chi connectivity index (χ3v) is 4.99. The summed E-state index contributed by atoms with van der Waals surface area (Å²) in [6, 6.07) is 15.3. The Balaban J connectivity index is 2.17. The molecule has 0 spiro atoms. The molecule has 2 rings (SSSR count). The van der Waals surface area contributed by atoms with Crippen molar-refractivity contribution in [2.24, 2.45) is 0 Å². The summed E-state index contributed by atoms with van der Waals surface area (Å²) in [5.41, 5.74) is 1.98. The van der Waals surface area contributed by atoms with E-state index in [-0.39, 0.29) is 5.75 Å². The van der Waals surface area contributed by atoms with Crippen molar-refractivity contribution in [1.82, 2.24) is 0 Å². The average Bonchev–Trinajstić information content (AvgIpc) is 2.39. The van der Waals surface area contributed by atoms with E-state index in [0.29, 0.717) is 0 Å². The van der Waals surface area contributed by atoms with Crippen molar-refractivity contribution in [3.05, 3.63) is 65.2 Å². The van der Waals surface area contributed by atoms with E-state index in [1.165, 1.54) is 0 Å². The van der Waals surface area contributed by atoms with Gasteiger partial charge in [-0.1, -0.05) is 47.5 Å². The van der Waals surface area contributed by atoms with E-state index in [4.69, 9.17) is 0 Å². The first kappa shape index (κ1) is 14.9. The minimum absolute atomic E-state index is 0.194. The summed E-state index contributed by atoms with van der Waals surface area (Å²) in [6.07, 6.45) is 0. The van der Waals surface area contributed by atoms with Gasteiger partial charge in [0, 0.05) is 4.90 Å². The molecule has 0 radical (unpaired) electrons. The lowest BCUT2D eigenvalue weighted by Crippen LogP contribution is -2.28. The molecule has 2 aromatic carbocycles. The van der Waals surface area contributed by atoms with Crippen LogP contribution in [0, 0.1) is 13.8 Å². The molecule has 0 amide bonds. The van der Waals surface area contributed by atoms with Crippen LogP contribution < -0.4 is 0 Å². The van der Waals surface area contributed by atoms with Gasteiger partial charge in [-0.05, 0) is 38.5 Å². The molecule has 0 aliphatic rings. The molecule has 2 atom stereocenters. The van der Waals surface area contributed by atoms with Crippen molar-refractivity contribution in [3.63, 3.8) is 0 Å². The number of aliphatic hydroxyl groups is 1. The first-order chi connectivity index (χ1) is 9.38. The van der Waals surface area contributed by atoms with Gasteiger partial charge in [-0.2, -0.15) is 0 Å². The van der Waals surface area contributed by atoms with Crippen molar-refractivity contribution in [1.29, 1.82) is 0 Å². The zero-order valence-electron chi connectivity index (χ0n) is 12.1. The smallest absolute Gasteiger partial charge is 0.0986 e. The lowest BCUT2D eigenvalue weighted by Gasteiger charge is -2.23. The minimum Gasteiger partial charge on any atom is -0.384 e. The quantitative estimate of drug-likeness (QED) is 0.937. The summed E-state index contributed by atoms with van der Waals surface area (Å²) >= 11 is 0. The van der Waals surface area contributed by atoms with E-state index >= 15 is 0 Å². The fraction of sp³-hybridized carbons (Fsp3) is 0.294. The van der Waals surface area contributed by atoms with Crippen LogP contribution in [0.3, 0.4) is 0 Å². The summed E-state index contributed by atoms with van der Waals surface area (Å²) in [4.78, 5) is 0.753. The molecule has 2 nitrogen and oxygen atoms in total. The largest absolute Gasteiger partial charge is 0.384 e. The summed E-state index contributed by atoms with van der Waals surface area (Å²) in [5, 5.41) is 10.6. The summed E-state index contributed by atoms with van der Waals surface area (Å²) in [5.74, 6) is 0.194. The molecule has 0 fully saturated rings. The van der Waals surface area contributed by atoms with E-state index in [0.717, 1.165) is 21.6 Å². The first-order valence-corrected chi connectivity index (χ1v) is 7.95. The number of rotatable bonds is 4. The molecule has 20 heavy (non-hydrogen) atoms. The Bertz CT molecular complexity index is 598. The van der Waals surface area contributed by atoms with Gasteiger partial charge in [-0.25, -0.2) is 0 Å². The lowest BCUT2D eigenvalue weighted by molar-refractivity contribution is 0.0829. The van der Waals surface area contributed by atoms with Gasteiger partial charge in [0.05, 0.1) is 22.2 Å². The maximum Gasteiger partial charge on any atom is 0.0986 e. The standard InChI is InChI=1S/C17H20O2S/c1-13-4-8-15(9-5-13)17(3,18)12-20(19)16-10-6-14(2)7-11-16/h4-11,18H,12H2,1-3H3/t17-,20?/m0/s1. The van der Waals surface area contributed by atoms with Gasteiger partial charge >= 0.3 is 0 Å². The van der Waals surface area contributed by atoms with Gasteiger partial charge in [-0.3, -0.25) is 4.21 Å². The normalized spacial score (nSPS) is 15.6. The second-order valence-electron chi connectivity index (χ2n) is 5.44. The molecular weight excluding hydrogens is 268 g/mol. The molecule has 106 valence electrons. The highest BCUT2D eigenvalue weighted by Gasteiger charge is 2.26. The van der Waals surface area contributed by atoms with Crippen LogP contribution in [-0.4, -0.2) is 15.1 Å². The molecule has 0 bridgehead atoms. The Morgan fingerprint density at radius 3 is 1.90 bits per heavy atom. The van der Waals surface area contributed by atoms with Gasteiger partial charge in [0.1, 0.15) is 0 Å². The minimum atomic E-state index is -1.22. The Labute approximate surface area is 122 Å². The van der Waals surface area contributed by atoms with E-state index in [1.54, 1.807) is 6.92 Å². The van der Waals surface area contributed by atoms with Crippen LogP contribution in [-0.2, 0) is 16.4 Å². The topological polar surface area (TPSA) is 37.3 Å². The van der Waals surface area contributed by atoms with Crippen LogP contribution in [0.25, 0.3) is 0 Å². The Hall–Kier alpha value is -1.45. The Kier molecular flexibility index (Phi) is 4.41. The van der Waals surface area contributed by atoms with E-state index in [9.17, 15) is 9.32 Å². The molecule has 1 N–H and O–H groups in total. The predicted molar refractivity (Wildman–Crippen MR) is 83.2 cm³/mol. The predicted octanol–water partition coefficient (Wildman–Crippen LogP) is 3.32. The third-order valence-electron chi connectivity index (χ3n) is 3.37. The zero-order chi connectivity index (χ0) is 14.8. The fourth-order valence-corrected chi connectivity index (χ4v) is 3.31. The average molecular weight is 288 g/mol. The lowest BCUT2D eigenvalue weighted by atomic mass is 9.97. The van der Waals surface area contributed by atoms with Crippen molar-refractivity contribution < 1.29 is 9.32 Å². The highest BCUT2D eigenvalue weighted by atomic mass is 32.2. The van der Waals surface area contributed by atoms with Gasteiger partial charge in [0.25, 0.3) is 0 Å². The van der Waals surface area contributed by atoms with Gasteiger partial charge < -0.3 is 5.11 Å². The molecule has 0 aliphatic heterocycles. The summed E-state index contributed by atoms with van der Waals surface area (Å²) < 4.78 is 12.4. The van der Waals surface area contributed by atoms with E-state index in [1.807, 2.05) is 62.4 Å². The highest BCUT2D eigenvalue weighted by molar-refractivity contribution is 7.85. The van der Waals surface area contributed by atoms with Crippen LogP contribution >= 0.6 is 0 Å².